The topological polar surface area (TPSA) is 30.5 Å². The number of nitrogens with zero attached hydrogens (tertiary/aromatic N) is 2. The molecule has 0 saturated carbocycles. The van der Waals surface area contributed by atoms with Crippen LogP contribution in [-0.4, -0.2) is 4.90 Å². The molecule has 9 rings (SSSR count). The van der Waals surface area contributed by atoms with E-state index in [1.165, 1.54) is 106 Å². The average molecular weight is 773 g/mol. The molecule has 0 spiro atoms. The molecule has 3 heterocycles. The quantitative estimate of drug-likeness (QED) is 0.161. The van der Waals surface area contributed by atoms with Crippen LogP contribution >= 0.6 is 0 Å². The van der Waals surface area contributed by atoms with Crippen LogP contribution in [0.25, 0.3) is 50.6 Å². The van der Waals surface area contributed by atoms with Gasteiger partial charge in [0.25, 0.3) is 0 Å². The van der Waals surface area contributed by atoms with Crippen LogP contribution in [0.5, 0.6) is 0 Å². The number of benzene rings is 6. The Morgan fingerprint density at radius 1 is 0.542 bits per heavy atom. The number of para-hydroxylation sites is 1. The van der Waals surface area contributed by atoms with Gasteiger partial charge in [-0.3, -0.25) is 0 Å². The monoisotopic (exact) mass is 772 g/mol. The zero-order valence-electron chi connectivity index (χ0n) is 36.0. The highest BCUT2D eigenvalue weighted by molar-refractivity contribution is 5.93. The van der Waals surface area contributed by atoms with E-state index >= 15 is 0 Å². The van der Waals surface area contributed by atoms with Gasteiger partial charge in [-0.25, -0.2) is 0 Å². The minimum atomic E-state index is 0.0240. The van der Waals surface area contributed by atoms with Crippen LogP contribution in [-0.2, 0) is 0 Å². The second-order valence-corrected chi connectivity index (χ2v) is 17.3. The lowest BCUT2D eigenvalue weighted by Gasteiger charge is -2.32. The number of hydrogen-bond acceptors (Lipinski definition) is 4. The fraction of sp³-hybridized carbons (Fsp3) is 0.236. The summed E-state index contributed by atoms with van der Waals surface area (Å²) in [6, 6.07) is 40.9. The third-order valence-electron chi connectivity index (χ3n) is 13.0. The fourth-order valence-electron chi connectivity index (χ4n) is 9.82. The Balaban J connectivity index is 1.07. The molecule has 2 unspecified atom stereocenters. The summed E-state index contributed by atoms with van der Waals surface area (Å²) < 4.78 is 0. The Hall–Kier alpha value is -6.26. The summed E-state index contributed by atoms with van der Waals surface area (Å²) >= 11 is 0. The van der Waals surface area contributed by atoms with E-state index in [1.807, 2.05) is 0 Å². The summed E-state index contributed by atoms with van der Waals surface area (Å²) in [5.74, 6) is 0.844. The predicted molar refractivity (Wildman–Crippen MR) is 250 cm³/mol. The SMILES string of the molecule is CC1=CN2C=Cc3cc(-c4ccccc4-c4c(C)c(C)c(-c5ccccc5-c5ccc(C6NC=CN6c6c(C(C)C)cccc6C(C)C)cc5)c(C)c4C)ccc3C2N1. The highest BCUT2D eigenvalue weighted by Gasteiger charge is 2.29. The molecule has 59 heavy (non-hydrogen) atoms. The van der Waals surface area contributed by atoms with Crippen molar-refractivity contribution in [3.8, 4) is 44.5 Å². The molecule has 0 aliphatic carbocycles. The fourth-order valence-corrected chi connectivity index (χ4v) is 9.82. The maximum absolute atomic E-state index is 3.67. The van der Waals surface area contributed by atoms with E-state index < -0.39 is 0 Å². The first-order valence-electron chi connectivity index (χ1n) is 21.3. The molecule has 3 aliphatic rings. The molecule has 2 atom stereocenters. The van der Waals surface area contributed by atoms with Gasteiger partial charge in [0.05, 0.1) is 0 Å². The van der Waals surface area contributed by atoms with Crippen molar-refractivity contribution in [3.05, 3.63) is 190 Å². The van der Waals surface area contributed by atoms with Crippen molar-refractivity contribution in [1.29, 1.82) is 0 Å². The zero-order valence-corrected chi connectivity index (χ0v) is 36.0. The molecule has 0 amide bonds. The zero-order chi connectivity index (χ0) is 41.1. The molecule has 0 bridgehead atoms. The molecule has 4 nitrogen and oxygen atoms in total. The number of hydrogen-bond donors (Lipinski definition) is 2. The normalized spacial score (nSPS) is 16.7. The van der Waals surface area contributed by atoms with Gasteiger partial charge in [0.2, 0.25) is 0 Å². The van der Waals surface area contributed by atoms with Gasteiger partial charge in [-0.1, -0.05) is 131 Å². The van der Waals surface area contributed by atoms with Crippen molar-refractivity contribution in [2.45, 2.75) is 86.5 Å². The first-order chi connectivity index (χ1) is 28.5. The molecular formula is C55H56N4. The van der Waals surface area contributed by atoms with Gasteiger partial charge >= 0.3 is 0 Å². The number of fused-ring (bicyclic) bond motifs is 3. The smallest absolute Gasteiger partial charge is 0.129 e. The van der Waals surface area contributed by atoms with E-state index in [2.05, 4.69) is 223 Å². The molecular weight excluding hydrogens is 717 g/mol. The molecule has 3 aliphatic heterocycles. The lowest BCUT2D eigenvalue weighted by atomic mass is 9.80. The van der Waals surface area contributed by atoms with Crippen molar-refractivity contribution in [3.63, 3.8) is 0 Å². The summed E-state index contributed by atoms with van der Waals surface area (Å²) in [6.45, 7) is 20.6. The molecule has 0 radical (unpaired) electrons. The average Bonchev–Trinajstić information content (AvgIpc) is 3.90. The van der Waals surface area contributed by atoms with E-state index in [0.29, 0.717) is 11.8 Å². The predicted octanol–water partition coefficient (Wildman–Crippen LogP) is 14.2. The van der Waals surface area contributed by atoms with Gasteiger partial charge in [0.1, 0.15) is 12.3 Å². The van der Waals surface area contributed by atoms with Gasteiger partial charge in [0, 0.05) is 41.7 Å². The van der Waals surface area contributed by atoms with Gasteiger partial charge in [-0.15, -0.1) is 0 Å². The summed E-state index contributed by atoms with van der Waals surface area (Å²) in [4.78, 5) is 4.69. The third-order valence-corrected chi connectivity index (χ3v) is 13.0. The van der Waals surface area contributed by atoms with Gasteiger partial charge in [0.15, 0.2) is 0 Å². The van der Waals surface area contributed by atoms with Crippen LogP contribution in [0.15, 0.2) is 140 Å². The first-order valence-corrected chi connectivity index (χ1v) is 21.3. The van der Waals surface area contributed by atoms with Crippen LogP contribution in [0.3, 0.4) is 0 Å². The minimum absolute atomic E-state index is 0.0240. The Kier molecular flexibility index (Phi) is 9.83. The maximum Gasteiger partial charge on any atom is 0.129 e. The number of nitrogens with one attached hydrogen (secondary N) is 2. The van der Waals surface area contributed by atoms with Crippen LogP contribution in [0, 0.1) is 27.7 Å². The number of allylic oxidation sites excluding steroid dienone is 1. The van der Waals surface area contributed by atoms with E-state index in [1.54, 1.807) is 0 Å². The molecule has 2 N–H and O–H groups in total. The Labute approximate surface area is 351 Å². The van der Waals surface area contributed by atoms with Crippen molar-refractivity contribution in [2.24, 2.45) is 0 Å². The standard InChI is InChI=1S/C55H56N4/c1-33(2)44-19-14-20-45(34(3)4)53(44)59-30-28-56-54(59)41-23-21-40(22-24-41)46-15-10-12-17-49(46)51-36(6)38(8)52(39(9)37(51)7)50-18-13-11-16-47(50)42-25-26-48-43(31-42)27-29-58-32-35(5)57-55(48)58/h10-34,54-57H,1-9H3. The van der Waals surface area contributed by atoms with Gasteiger partial charge in [-0.2, -0.15) is 0 Å². The van der Waals surface area contributed by atoms with E-state index in [9.17, 15) is 0 Å². The van der Waals surface area contributed by atoms with Crippen molar-refractivity contribution in [1.82, 2.24) is 15.5 Å². The van der Waals surface area contributed by atoms with Crippen LogP contribution in [0.2, 0.25) is 0 Å². The first kappa shape index (κ1) is 38.3. The molecule has 6 aromatic carbocycles. The Bertz CT molecular complexity index is 2640. The van der Waals surface area contributed by atoms with E-state index in [-0.39, 0.29) is 12.3 Å². The summed E-state index contributed by atoms with van der Waals surface area (Å²) in [5, 5.41) is 7.30. The molecule has 296 valence electrons. The van der Waals surface area contributed by atoms with Crippen LogP contribution in [0.4, 0.5) is 5.69 Å². The van der Waals surface area contributed by atoms with Crippen molar-refractivity contribution < 1.29 is 0 Å². The van der Waals surface area contributed by atoms with Gasteiger partial charge < -0.3 is 20.4 Å². The Morgan fingerprint density at radius 2 is 1.08 bits per heavy atom. The largest absolute Gasteiger partial charge is 0.366 e. The third kappa shape index (κ3) is 6.56. The molecule has 4 heteroatoms. The Morgan fingerprint density at radius 3 is 1.66 bits per heavy atom. The number of rotatable bonds is 8. The maximum atomic E-state index is 3.67. The van der Waals surface area contributed by atoms with Gasteiger partial charge in [-0.05, 0) is 148 Å². The summed E-state index contributed by atoms with van der Waals surface area (Å²) in [5.41, 5.74) is 24.6. The molecule has 0 fully saturated rings. The minimum Gasteiger partial charge on any atom is -0.366 e. The highest BCUT2D eigenvalue weighted by Crippen LogP contribution is 2.46. The highest BCUT2D eigenvalue weighted by atomic mass is 15.3. The van der Waals surface area contributed by atoms with E-state index in [4.69, 9.17) is 0 Å². The lowest BCUT2D eigenvalue weighted by Crippen LogP contribution is -2.28. The van der Waals surface area contributed by atoms with Crippen molar-refractivity contribution >= 4 is 11.8 Å². The lowest BCUT2D eigenvalue weighted by molar-refractivity contribution is 0.370. The number of anilines is 1. The second kappa shape index (κ2) is 15.2. The summed E-state index contributed by atoms with van der Waals surface area (Å²) in [7, 11) is 0. The molecule has 0 aromatic heterocycles. The van der Waals surface area contributed by atoms with Crippen LogP contribution < -0.4 is 15.5 Å². The van der Waals surface area contributed by atoms with E-state index in [0.717, 1.165) is 0 Å². The van der Waals surface area contributed by atoms with Crippen molar-refractivity contribution in [2.75, 3.05) is 4.90 Å². The van der Waals surface area contributed by atoms with Crippen LogP contribution in [0.1, 0.15) is 109 Å². The second-order valence-electron chi connectivity index (χ2n) is 17.3. The molecule has 0 saturated heterocycles. The summed E-state index contributed by atoms with van der Waals surface area (Å²) in [6.07, 6.45) is 11.1. The molecule has 6 aromatic rings.